The minimum Gasteiger partial charge on any atom is -0.505 e. The maximum atomic E-state index is 12.3. The maximum Gasteiger partial charge on any atom is 0.257 e. The molecule has 100 valence electrons. The van der Waals surface area contributed by atoms with E-state index in [0.29, 0.717) is 19.0 Å². The van der Waals surface area contributed by atoms with Gasteiger partial charge in [0.2, 0.25) is 0 Å². The molecular weight excluding hydrogens is 228 g/mol. The molecule has 18 heavy (non-hydrogen) atoms. The van der Waals surface area contributed by atoms with Gasteiger partial charge in [-0.1, -0.05) is 26.3 Å². The quantitative estimate of drug-likeness (QED) is 0.623. The summed E-state index contributed by atoms with van der Waals surface area (Å²) >= 11 is 0. The zero-order valence-electron chi connectivity index (χ0n) is 11.3. The molecule has 0 spiro atoms. The van der Waals surface area contributed by atoms with Gasteiger partial charge >= 0.3 is 0 Å². The summed E-state index contributed by atoms with van der Waals surface area (Å²) in [6.45, 7) is 7.46. The Morgan fingerprint density at radius 3 is 2.67 bits per heavy atom. The molecule has 3 N–H and O–H groups in total. The fraction of sp³-hybridized carbons (Fsp3) is 0.500. The third-order valence-corrected chi connectivity index (χ3v) is 3.20. The third-order valence-electron chi connectivity index (χ3n) is 3.20. The van der Waals surface area contributed by atoms with Crippen molar-refractivity contribution in [2.24, 2.45) is 5.92 Å². The molecule has 0 aliphatic heterocycles. The molecule has 0 aliphatic carbocycles. The van der Waals surface area contributed by atoms with Crippen LogP contribution in [0.3, 0.4) is 0 Å². The van der Waals surface area contributed by atoms with E-state index in [9.17, 15) is 9.90 Å². The molecular formula is C14H22N2O2. The Bertz CT molecular complexity index is 418. The number of carbonyl (C=O) groups excluding carboxylic acids is 1. The minimum atomic E-state index is -0.164. The lowest BCUT2D eigenvalue weighted by Crippen LogP contribution is -2.34. The van der Waals surface area contributed by atoms with Crippen molar-refractivity contribution in [3.63, 3.8) is 0 Å². The first-order valence-electron chi connectivity index (χ1n) is 6.37. The molecule has 1 aromatic carbocycles. The van der Waals surface area contributed by atoms with Crippen LogP contribution in [-0.4, -0.2) is 29.0 Å². The van der Waals surface area contributed by atoms with Gasteiger partial charge in [-0.2, -0.15) is 0 Å². The maximum absolute atomic E-state index is 12.3. The van der Waals surface area contributed by atoms with Crippen LogP contribution >= 0.6 is 0 Å². The summed E-state index contributed by atoms with van der Waals surface area (Å²) < 4.78 is 0. The van der Waals surface area contributed by atoms with Gasteiger partial charge in [0.15, 0.2) is 5.75 Å². The van der Waals surface area contributed by atoms with Gasteiger partial charge in [0.05, 0.1) is 11.3 Å². The van der Waals surface area contributed by atoms with E-state index in [1.807, 2.05) is 6.92 Å². The molecule has 0 bridgehead atoms. The second-order valence-corrected chi connectivity index (χ2v) is 4.60. The number of nitrogens with two attached hydrogens (primary N) is 1. The van der Waals surface area contributed by atoms with E-state index in [-0.39, 0.29) is 22.9 Å². The Balaban J connectivity index is 2.93. The SMILES string of the molecule is CCC(C)CN(CC)C(=O)c1cccc(N)c1O. The Kier molecular flexibility index (Phi) is 5.01. The zero-order valence-corrected chi connectivity index (χ0v) is 11.3. The molecule has 4 nitrogen and oxygen atoms in total. The Labute approximate surface area is 108 Å². The van der Waals surface area contributed by atoms with Gasteiger partial charge in [-0.05, 0) is 25.0 Å². The Morgan fingerprint density at radius 1 is 1.44 bits per heavy atom. The summed E-state index contributed by atoms with van der Waals surface area (Å²) in [5.41, 5.74) is 6.12. The summed E-state index contributed by atoms with van der Waals surface area (Å²) in [6, 6.07) is 4.86. The number of hydrogen-bond donors (Lipinski definition) is 2. The molecule has 0 saturated carbocycles. The fourth-order valence-corrected chi connectivity index (χ4v) is 1.77. The van der Waals surface area contributed by atoms with E-state index in [1.165, 1.54) is 0 Å². The highest BCUT2D eigenvalue weighted by molar-refractivity contribution is 5.98. The number of aromatic hydroxyl groups is 1. The Hall–Kier alpha value is -1.71. The van der Waals surface area contributed by atoms with Crippen LogP contribution in [0.15, 0.2) is 18.2 Å². The lowest BCUT2D eigenvalue weighted by atomic mass is 10.1. The zero-order chi connectivity index (χ0) is 13.7. The molecule has 0 radical (unpaired) electrons. The van der Waals surface area contributed by atoms with Crippen LogP contribution in [0.4, 0.5) is 5.69 Å². The first-order valence-corrected chi connectivity index (χ1v) is 6.37. The molecule has 1 atom stereocenters. The van der Waals surface area contributed by atoms with E-state index in [1.54, 1.807) is 23.1 Å². The van der Waals surface area contributed by atoms with Crippen LogP contribution < -0.4 is 5.73 Å². The fourth-order valence-electron chi connectivity index (χ4n) is 1.77. The van der Waals surface area contributed by atoms with E-state index >= 15 is 0 Å². The average Bonchev–Trinajstić information content (AvgIpc) is 2.38. The molecule has 0 saturated heterocycles. The highest BCUT2D eigenvalue weighted by Crippen LogP contribution is 2.25. The molecule has 0 aromatic heterocycles. The number of anilines is 1. The second-order valence-electron chi connectivity index (χ2n) is 4.60. The standard InChI is InChI=1S/C14H22N2O2/c1-4-10(3)9-16(5-2)14(18)11-7-6-8-12(15)13(11)17/h6-8,10,17H,4-5,9,15H2,1-3H3. The number of nitrogen functional groups attached to an aromatic ring is 1. The predicted octanol–water partition coefficient (Wildman–Crippen LogP) is 2.48. The topological polar surface area (TPSA) is 66.6 Å². The van der Waals surface area contributed by atoms with E-state index < -0.39 is 0 Å². The van der Waals surface area contributed by atoms with Crippen molar-refractivity contribution >= 4 is 11.6 Å². The number of phenolic OH excluding ortho intramolecular Hbond substituents is 1. The van der Waals surface area contributed by atoms with Crippen LogP contribution in [0.1, 0.15) is 37.6 Å². The van der Waals surface area contributed by atoms with E-state index in [2.05, 4.69) is 13.8 Å². The predicted molar refractivity (Wildman–Crippen MR) is 73.6 cm³/mol. The van der Waals surface area contributed by atoms with Crippen LogP contribution in [0.2, 0.25) is 0 Å². The van der Waals surface area contributed by atoms with Gasteiger partial charge in [0.1, 0.15) is 0 Å². The van der Waals surface area contributed by atoms with Crippen molar-refractivity contribution in [1.82, 2.24) is 4.90 Å². The Morgan fingerprint density at radius 2 is 2.11 bits per heavy atom. The molecule has 1 rings (SSSR count). The van der Waals surface area contributed by atoms with E-state index in [4.69, 9.17) is 5.73 Å². The molecule has 0 fully saturated rings. The smallest absolute Gasteiger partial charge is 0.257 e. The monoisotopic (exact) mass is 250 g/mol. The molecule has 1 aromatic rings. The van der Waals surface area contributed by atoms with Gasteiger partial charge in [-0.25, -0.2) is 0 Å². The molecule has 0 aliphatic rings. The number of para-hydroxylation sites is 1. The molecule has 4 heteroatoms. The van der Waals surface area contributed by atoms with Crippen molar-refractivity contribution in [3.05, 3.63) is 23.8 Å². The first-order chi connectivity index (χ1) is 8.51. The van der Waals surface area contributed by atoms with Crippen molar-refractivity contribution in [3.8, 4) is 5.75 Å². The summed E-state index contributed by atoms with van der Waals surface area (Å²) in [5.74, 6) is 0.157. The second kappa shape index (κ2) is 6.28. The van der Waals surface area contributed by atoms with Gasteiger partial charge in [-0.15, -0.1) is 0 Å². The largest absolute Gasteiger partial charge is 0.505 e. The molecule has 1 amide bonds. The van der Waals surface area contributed by atoms with Crippen LogP contribution in [0.5, 0.6) is 5.75 Å². The van der Waals surface area contributed by atoms with Crippen LogP contribution in [-0.2, 0) is 0 Å². The van der Waals surface area contributed by atoms with Crippen LogP contribution in [0.25, 0.3) is 0 Å². The van der Waals surface area contributed by atoms with Gasteiger partial charge < -0.3 is 15.7 Å². The van der Waals surface area contributed by atoms with Gasteiger partial charge in [0.25, 0.3) is 5.91 Å². The number of benzene rings is 1. The summed E-state index contributed by atoms with van der Waals surface area (Å²) in [6.07, 6.45) is 1.02. The third kappa shape index (κ3) is 3.15. The molecule has 1 unspecified atom stereocenters. The number of rotatable bonds is 5. The highest BCUT2D eigenvalue weighted by Gasteiger charge is 2.19. The number of phenols is 1. The highest BCUT2D eigenvalue weighted by atomic mass is 16.3. The van der Waals surface area contributed by atoms with Crippen molar-refractivity contribution in [2.45, 2.75) is 27.2 Å². The van der Waals surface area contributed by atoms with Crippen LogP contribution in [0, 0.1) is 5.92 Å². The summed E-state index contributed by atoms with van der Waals surface area (Å²) in [5, 5.41) is 9.83. The van der Waals surface area contributed by atoms with Crippen molar-refractivity contribution in [1.29, 1.82) is 0 Å². The summed E-state index contributed by atoms with van der Waals surface area (Å²) in [4.78, 5) is 14.0. The number of nitrogens with zero attached hydrogens (tertiary/aromatic N) is 1. The summed E-state index contributed by atoms with van der Waals surface area (Å²) in [7, 11) is 0. The number of hydrogen-bond acceptors (Lipinski definition) is 3. The lowest BCUT2D eigenvalue weighted by molar-refractivity contribution is 0.0738. The lowest BCUT2D eigenvalue weighted by Gasteiger charge is -2.24. The first kappa shape index (κ1) is 14.4. The average molecular weight is 250 g/mol. The van der Waals surface area contributed by atoms with Crippen molar-refractivity contribution < 1.29 is 9.90 Å². The van der Waals surface area contributed by atoms with Crippen molar-refractivity contribution in [2.75, 3.05) is 18.8 Å². The number of carbonyl (C=O) groups is 1. The minimum absolute atomic E-state index is 0.120. The molecule has 0 heterocycles. The van der Waals surface area contributed by atoms with Gasteiger partial charge in [-0.3, -0.25) is 4.79 Å². The normalized spacial score (nSPS) is 12.2. The van der Waals surface area contributed by atoms with E-state index in [0.717, 1.165) is 6.42 Å². The number of amides is 1. The van der Waals surface area contributed by atoms with Gasteiger partial charge in [0, 0.05) is 13.1 Å².